The molecule has 0 amide bonds. The van der Waals surface area contributed by atoms with Crippen LogP contribution in [0.15, 0.2) is 66.7 Å². The molecule has 8 nitrogen and oxygen atoms in total. The van der Waals surface area contributed by atoms with Crippen molar-refractivity contribution in [1.82, 2.24) is 14.5 Å². The summed E-state index contributed by atoms with van der Waals surface area (Å²) < 4.78 is 58.1. The highest BCUT2D eigenvalue weighted by atomic mass is 19.1. The number of ether oxygens (including phenoxy) is 2. The highest BCUT2D eigenvalue weighted by Gasteiger charge is 2.39. The van der Waals surface area contributed by atoms with Crippen molar-refractivity contribution in [2.75, 3.05) is 13.2 Å². The summed E-state index contributed by atoms with van der Waals surface area (Å²) in [7, 11) is 0. The van der Waals surface area contributed by atoms with Crippen LogP contribution in [0.5, 0.6) is 5.88 Å². The van der Waals surface area contributed by atoms with E-state index in [0.717, 1.165) is 12.1 Å². The maximum absolute atomic E-state index is 15.6. The first-order chi connectivity index (χ1) is 21.5. The van der Waals surface area contributed by atoms with Crippen LogP contribution in [0, 0.1) is 34.2 Å². The molecule has 0 spiro atoms. The molecule has 1 fully saturated rings. The Labute approximate surface area is 256 Å². The van der Waals surface area contributed by atoms with E-state index in [0.29, 0.717) is 41.4 Å². The SMILES string of the molecule is CC1(C)COC[C@H]1n1c(Cc2ccc(-c3cccc(OCc4ccc(C#N)cc4F)n3)cc2F)nc2c(F)cc(C(=O)O)cc21. The molecule has 1 aliphatic rings. The fourth-order valence-electron chi connectivity index (χ4n) is 5.54. The maximum Gasteiger partial charge on any atom is 0.335 e. The minimum absolute atomic E-state index is 0.0108. The number of hydrogen-bond acceptors (Lipinski definition) is 6. The number of rotatable bonds is 8. The lowest BCUT2D eigenvalue weighted by Crippen LogP contribution is -2.27. The smallest absolute Gasteiger partial charge is 0.335 e. The Kier molecular flexibility index (Phi) is 7.76. The third-order valence-electron chi connectivity index (χ3n) is 8.01. The van der Waals surface area contributed by atoms with Crippen LogP contribution in [-0.4, -0.2) is 38.8 Å². The quantitative estimate of drug-likeness (QED) is 0.204. The predicted octanol–water partition coefficient (Wildman–Crippen LogP) is 6.85. The molecule has 0 saturated carbocycles. The number of benzene rings is 3. The zero-order valence-corrected chi connectivity index (χ0v) is 24.4. The van der Waals surface area contributed by atoms with Crippen molar-refractivity contribution < 1.29 is 32.5 Å². The number of carbonyl (C=O) groups is 1. The summed E-state index contributed by atoms with van der Waals surface area (Å²) in [5, 5.41) is 18.5. The van der Waals surface area contributed by atoms with Gasteiger partial charge < -0.3 is 19.1 Å². The van der Waals surface area contributed by atoms with Crippen molar-refractivity contribution >= 4 is 17.0 Å². The van der Waals surface area contributed by atoms with Gasteiger partial charge in [-0.05, 0) is 42.0 Å². The van der Waals surface area contributed by atoms with E-state index in [1.165, 1.54) is 24.3 Å². The van der Waals surface area contributed by atoms with Gasteiger partial charge in [-0.15, -0.1) is 0 Å². The summed E-state index contributed by atoms with van der Waals surface area (Å²) in [6.45, 7) is 4.64. The van der Waals surface area contributed by atoms with Gasteiger partial charge in [-0.3, -0.25) is 0 Å². The summed E-state index contributed by atoms with van der Waals surface area (Å²) in [6.07, 6.45) is 0.0158. The molecule has 0 aliphatic carbocycles. The molecule has 45 heavy (non-hydrogen) atoms. The lowest BCUT2D eigenvalue weighted by atomic mass is 9.87. The van der Waals surface area contributed by atoms with Gasteiger partial charge >= 0.3 is 5.97 Å². The molecule has 6 rings (SSSR count). The molecule has 1 atom stereocenters. The number of aromatic nitrogens is 3. The second-order valence-corrected chi connectivity index (χ2v) is 11.6. The minimum Gasteiger partial charge on any atom is -0.478 e. The van der Waals surface area contributed by atoms with Crippen LogP contribution >= 0.6 is 0 Å². The Hall–Kier alpha value is -5.21. The number of pyridine rings is 1. The van der Waals surface area contributed by atoms with Gasteiger partial charge in [0.05, 0.1) is 47.7 Å². The van der Waals surface area contributed by atoms with Gasteiger partial charge in [0, 0.05) is 29.0 Å². The molecule has 11 heteroatoms. The van der Waals surface area contributed by atoms with Crippen LogP contribution in [0.4, 0.5) is 13.2 Å². The van der Waals surface area contributed by atoms with Crippen molar-refractivity contribution in [2.45, 2.75) is 32.9 Å². The Balaban J connectivity index is 1.29. The van der Waals surface area contributed by atoms with Gasteiger partial charge in [0.1, 0.15) is 29.6 Å². The first-order valence-corrected chi connectivity index (χ1v) is 14.1. The average Bonchev–Trinajstić information content (AvgIpc) is 3.55. The van der Waals surface area contributed by atoms with Gasteiger partial charge in [-0.2, -0.15) is 5.26 Å². The Bertz CT molecular complexity index is 2000. The molecule has 0 unspecified atom stereocenters. The van der Waals surface area contributed by atoms with E-state index >= 15 is 8.78 Å². The molecule has 0 radical (unpaired) electrons. The molecule has 1 N–H and O–H groups in total. The van der Waals surface area contributed by atoms with Crippen molar-refractivity contribution in [2.24, 2.45) is 5.41 Å². The highest BCUT2D eigenvalue weighted by Crippen LogP contribution is 2.41. The van der Waals surface area contributed by atoms with E-state index in [1.54, 1.807) is 34.9 Å². The molecule has 5 aromatic rings. The lowest BCUT2D eigenvalue weighted by Gasteiger charge is -2.28. The Morgan fingerprint density at radius 1 is 1.04 bits per heavy atom. The monoisotopic (exact) mass is 612 g/mol. The number of nitrogens with zero attached hydrogens (tertiary/aromatic N) is 4. The van der Waals surface area contributed by atoms with Crippen LogP contribution < -0.4 is 4.74 Å². The standard InChI is InChI=1S/C34H27F3N4O4/c1-34(2)18-44-17-29(34)41-28-13-23(33(42)43)12-26(37)32(28)40-30(41)14-20-8-9-21(11-25(20)36)27-4-3-5-31(39-27)45-16-22-7-6-19(15-38)10-24(22)35/h3-13,29H,14,16-18H2,1-2H3,(H,42,43)/t29-/m1/s1. The third kappa shape index (κ3) is 5.84. The summed E-state index contributed by atoms with van der Waals surface area (Å²) in [5.41, 5.74) is 1.41. The van der Waals surface area contributed by atoms with Gasteiger partial charge in [-0.1, -0.05) is 38.1 Å². The second-order valence-electron chi connectivity index (χ2n) is 11.6. The van der Waals surface area contributed by atoms with Crippen LogP contribution in [0.2, 0.25) is 0 Å². The molecule has 228 valence electrons. The summed E-state index contributed by atoms with van der Waals surface area (Å²) >= 11 is 0. The zero-order chi connectivity index (χ0) is 31.9. The number of fused-ring (bicyclic) bond motifs is 1. The van der Waals surface area contributed by atoms with Gasteiger partial charge in [0.25, 0.3) is 0 Å². The summed E-state index contributed by atoms with van der Waals surface area (Å²) in [4.78, 5) is 20.6. The molecular weight excluding hydrogens is 585 g/mol. The van der Waals surface area contributed by atoms with E-state index in [9.17, 15) is 14.3 Å². The van der Waals surface area contributed by atoms with Crippen molar-refractivity contribution in [1.29, 1.82) is 5.26 Å². The Morgan fingerprint density at radius 3 is 2.51 bits per heavy atom. The van der Waals surface area contributed by atoms with Gasteiger partial charge in [0.15, 0.2) is 5.82 Å². The normalized spacial score (nSPS) is 15.7. The van der Waals surface area contributed by atoms with E-state index in [2.05, 4.69) is 9.97 Å². The number of carboxylic acids is 1. The molecule has 1 aliphatic heterocycles. The average molecular weight is 613 g/mol. The minimum atomic E-state index is -1.27. The molecule has 2 aromatic heterocycles. The molecule has 1 saturated heterocycles. The van der Waals surface area contributed by atoms with Crippen LogP contribution in [0.3, 0.4) is 0 Å². The number of halogens is 3. The van der Waals surface area contributed by atoms with Gasteiger partial charge in [0.2, 0.25) is 5.88 Å². The van der Waals surface area contributed by atoms with Crippen molar-refractivity contribution in [3.05, 3.63) is 112 Å². The number of nitriles is 1. The van der Waals surface area contributed by atoms with E-state index in [-0.39, 0.29) is 52.6 Å². The van der Waals surface area contributed by atoms with Crippen LogP contribution in [-0.2, 0) is 17.8 Å². The number of aromatic carboxylic acids is 1. The number of carboxylic acid groups (broad SMARTS) is 1. The molecule has 3 heterocycles. The second kappa shape index (κ2) is 11.7. The highest BCUT2D eigenvalue weighted by molar-refractivity contribution is 5.93. The third-order valence-corrected chi connectivity index (χ3v) is 8.01. The molecular formula is C34H27F3N4O4. The van der Waals surface area contributed by atoms with E-state index < -0.39 is 23.4 Å². The van der Waals surface area contributed by atoms with Crippen LogP contribution in [0.25, 0.3) is 22.3 Å². The lowest BCUT2D eigenvalue weighted by molar-refractivity contribution is 0.0696. The fourth-order valence-corrected chi connectivity index (χ4v) is 5.54. The fraction of sp³-hybridized carbons (Fsp3) is 0.235. The number of hydrogen-bond donors (Lipinski definition) is 1. The summed E-state index contributed by atoms with van der Waals surface area (Å²) in [6, 6.07) is 17.6. The first-order valence-electron chi connectivity index (χ1n) is 14.1. The van der Waals surface area contributed by atoms with Gasteiger partial charge in [-0.25, -0.2) is 27.9 Å². The largest absolute Gasteiger partial charge is 0.478 e. The van der Waals surface area contributed by atoms with Crippen molar-refractivity contribution in [3.8, 4) is 23.2 Å². The topological polar surface area (TPSA) is 110 Å². The Morgan fingerprint density at radius 2 is 1.82 bits per heavy atom. The van der Waals surface area contributed by atoms with Crippen molar-refractivity contribution in [3.63, 3.8) is 0 Å². The predicted molar refractivity (Wildman–Crippen MR) is 158 cm³/mol. The number of imidazole rings is 1. The van der Waals surface area contributed by atoms with Crippen LogP contribution in [0.1, 0.15) is 52.8 Å². The maximum atomic E-state index is 15.6. The van der Waals surface area contributed by atoms with E-state index in [4.69, 9.17) is 14.7 Å². The first kappa shape index (κ1) is 29.8. The summed E-state index contributed by atoms with van der Waals surface area (Å²) in [5.74, 6) is -2.55. The van der Waals surface area contributed by atoms with E-state index in [1.807, 2.05) is 19.9 Å². The molecule has 3 aromatic carbocycles. The molecule has 0 bridgehead atoms. The zero-order valence-electron chi connectivity index (χ0n) is 24.4.